The van der Waals surface area contributed by atoms with Gasteiger partial charge in [-0.25, -0.2) is 0 Å². The van der Waals surface area contributed by atoms with Crippen LogP contribution in [0, 0.1) is 11.3 Å². The molecule has 0 heterocycles. The molecule has 33 heavy (non-hydrogen) atoms. The van der Waals surface area contributed by atoms with Crippen molar-refractivity contribution in [3.05, 3.63) is 69.4 Å². The monoisotopic (exact) mass is 464 g/mol. The first-order valence-electron chi connectivity index (χ1n) is 10.3. The molecule has 0 aromatic heterocycles. The predicted molar refractivity (Wildman–Crippen MR) is 131 cm³/mol. The first-order chi connectivity index (χ1) is 16.0. The normalized spacial score (nSPS) is 14.6. The zero-order valence-corrected chi connectivity index (χ0v) is 19.2. The van der Waals surface area contributed by atoms with Crippen molar-refractivity contribution in [3.63, 3.8) is 0 Å². The average molecular weight is 465 g/mol. The van der Waals surface area contributed by atoms with Gasteiger partial charge >= 0.3 is 0 Å². The largest absolute Gasteiger partial charge is 0.489 e. The van der Waals surface area contributed by atoms with Crippen molar-refractivity contribution in [2.45, 2.75) is 18.9 Å². The highest BCUT2D eigenvalue weighted by Crippen LogP contribution is 2.35. The Kier molecular flexibility index (Phi) is 7.83. The van der Waals surface area contributed by atoms with Gasteiger partial charge in [-0.05, 0) is 30.5 Å². The summed E-state index contributed by atoms with van der Waals surface area (Å²) in [5, 5.41) is 14.5. The molecule has 170 valence electrons. The van der Waals surface area contributed by atoms with Crippen LogP contribution < -0.4 is 21.6 Å². The van der Waals surface area contributed by atoms with Crippen molar-refractivity contribution >= 4 is 34.9 Å². The number of aliphatic imine (C=N–C) groups is 1. The number of nitrogens with one attached hydrogen (secondary N) is 1. The van der Waals surface area contributed by atoms with E-state index in [0.29, 0.717) is 55.6 Å². The lowest BCUT2D eigenvalue weighted by Crippen LogP contribution is -2.20. The molecule has 2 aromatic rings. The number of halogens is 1. The number of ether oxygens (including phenoxy) is 1. The molecule has 0 aliphatic heterocycles. The highest BCUT2D eigenvalue weighted by Gasteiger charge is 2.27. The summed E-state index contributed by atoms with van der Waals surface area (Å²) in [5.41, 5.74) is 18.6. The smallest absolute Gasteiger partial charge is 0.150 e. The molecule has 0 saturated heterocycles. The number of carbonyl (C=O) groups is 1. The van der Waals surface area contributed by atoms with Crippen LogP contribution in [-0.2, 0) is 0 Å². The Morgan fingerprint density at radius 2 is 2.09 bits per heavy atom. The topological polar surface area (TPSA) is 139 Å². The predicted octanol–water partition coefficient (Wildman–Crippen LogP) is 2.87. The molecule has 1 fully saturated rings. The molecule has 2 aromatic carbocycles. The summed E-state index contributed by atoms with van der Waals surface area (Å²) in [6.07, 6.45) is 4.13. The second-order valence-corrected chi connectivity index (χ2v) is 7.75. The van der Waals surface area contributed by atoms with E-state index in [2.05, 4.69) is 21.6 Å². The molecule has 1 aliphatic carbocycles. The Labute approximate surface area is 197 Å². The number of nitrogens with two attached hydrogens (primary N) is 2. The Hall–Kier alpha value is -3.67. The maximum Gasteiger partial charge on any atom is 0.150 e. The fourth-order valence-corrected chi connectivity index (χ4v) is 3.68. The number of benzene rings is 2. The molecule has 1 aliphatic rings. The van der Waals surface area contributed by atoms with Crippen molar-refractivity contribution in [1.82, 2.24) is 5.43 Å². The first kappa shape index (κ1) is 24.0. The summed E-state index contributed by atoms with van der Waals surface area (Å²) < 4.78 is 5.92. The number of nitrogens with zero attached hydrogens (tertiary/aromatic N) is 3. The molecule has 0 radical (unpaired) electrons. The molecule has 5 N–H and O–H groups in total. The van der Waals surface area contributed by atoms with Crippen LogP contribution in [0.2, 0.25) is 5.02 Å². The van der Waals surface area contributed by atoms with Crippen molar-refractivity contribution < 1.29 is 9.53 Å². The highest BCUT2D eigenvalue weighted by atomic mass is 35.5. The van der Waals surface area contributed by atoms with E-state index >= 15 is 0 Å². The maximum absolute atomic E-state index is 11.6. The summed E-state index contributed by atoms with van der Waals surface area (Å²) in [4.78, 5) is 16.1. The third-order valence-corrected chi connectivity index (χ3v) is 5.36. The molecule has 0 spiro atoms. The minimum absolute atomic E-state index is 0.0922. The Bertz CT molecular complexity index is 1190. The number of rotatable bonds is 9. The summed E-state index contributed by atoms with van der Waals surface area (Å²) in [6.45, 7) is 0.121. The van der Waals surface area contributed by atoms with Gasteiger partial charge in [-0.1, -0.05) is 23.7 Å². The van der Waals surface area contributed by atoms with Gasteiger partial charge in [-0.15, -0.1) is 0 Å². The number of aldehydes is 1. The Morgan fingerprint density at radius 1 is 1.33 bits per heavy atom. The fraction of sp³-hybridized carbons (Fsp3) is 0.250. The molecule has 8 nitrogen and oxygen atoms in total. The van der Waals surface area contributed by atoms with Gasteiger partial charge in [0.15, 0.2) is 6.29 Å². The van der Waals surface area contributed by atoms with Gasteiger partial charge in [0, 0.05) is 60.2 Å². The SMILES string of the molecule is CN=C(/C(=C\N)c1ccc(C=O)c(/C(CN)=N\NC)c1)c1cc(Cl)cc(OC2CC2)c1C#N. The standard InChI is InChI=1S/C24H25ClN6O2/c1-29-24(19-8-16(25)9-23(21(19)11-27)33-17-5-6-17)20(10-26)14-3-4-15(13-32)18(7-14)22(12-28)31-30-2/h3-4,7-10,13,17,30H,5-6,12,26,28H2,1-2H3/b20-10-,29-24?,31-22-. The third-order valence-electron chi connectivity index (χ3n) is 5.14. The summed E-state index contributed by atoms with van der Waals surface area (Å²) in [5.74, 6) is 0.420. The quantitative estimate of drug-likeness (QED) is 0.296. The molecular formula is C24H25ClN6O2. The molecule has 0 unspecified atom stereocenters. The Morgan fingerprint density at radius 3 is 2.64 bits per heavy atom. The first-order valence-corrected chi connectivity index (χ1v) is 10.7. The Balaban J connectivity index is 2.15. The van der Waals surface area contributed by atoms with Crippen LogP contribution in [0.4, 0.5) is 0 Å². The van der Waals surface area contributed by atoms with Crippen LogP contribution in [0.1, 0.15) is 45.5 Å². The van der Waals surface area contributed by atoms with Crippen LogP contribution in [-0.4, -0.2) is 44.5 Å². The second kappa shape index (κ2) is 10.8. The maximum atomic E-state index is 11.6. The van der Waals surface area contributed by atoms with E-state index in [1.54, 1.807) is 44.4 Å². The van der Waals surface area contributed by atoms with Crippen molar-refractivity contribution in [2.24, 2.45) is 21.6 Å². The fourth-order valence-electron chi connectivity index (χ4n) is 3.47. The van der Waals surface area contributed by atoms with Gasteiger partial charge in [0.2, 0.25) is 0 Å². The van der Waals surface area contributed by atoms with Gasteiger partial charge in [-0.2, -0.15) is 10.4 Å². The highest BCUT2D eigenvalue weighted by molar-refractivity contribution is 6.35. The number of hydrazone groups is 1. The van der Waals surface area contributed by atoms with E-state index in [0.717, 1.165) is 19.1 Å². The van der Waals surface area contributed by atoms with Crippen LogP contribution in [0.25, 0.3) is 5.57 Å². The zero-order valence-electron chi connectivity index (χ0n) is 18.4. The van der Waals surface area contributed by atoms with E-state index in [4.69, 9.17) is 27.8 Å². The van der Waals surface area contributed by atoms with Gasteiger partial charge < -0.3 is 21.6 Å². The molecule has 9 heteroatoms. The summed E-state index contributed by atoms with van der Waals surface area (Å²) in [7, 11) is 3.26. The summed E-state index contributed by atoms with van der Waals surface area (Å²) >= 11 is 6.37. The van der Waals surface area contributed by atoms with Crippen molar-refractivity contribution in [1.29, 1.82) is 5.26 Å². The molecular weight excluding hydrogens is 440 g/mol. The number of nitriles is 1. The number of hydrogen-bond donors (Lipinski definition) is 3. The van der Waals surface area contributed by atoms with Crippen LogP contribution in [0.15, 0.2) is 46.6 Å². The van der Waals surface area contributed by atoms with Crippen LogP contribution in [0.5, 0.6) is 5.75 Å². The van der Waals surface area contributed by atoms with E-state index in [1.165, 1.54) is 6.20 Å². The molecule has 1 saturated carbocycles. The summed E-state index contributed by atoms with van der Waals surface area (Å²) in [6, 6.07) is 10.7. The molecule has 3 rings (SSSR count). The number of carbonyl (C=O) groups excluding carboxylic acids is 1. The molecule has 0 amide bonds. The van der Waals surface area contributed by atoms with Gasteiger partial charge in [0.05, 0.1) is 17.5 Å². The van der Waals surface area contributed by atoms with Crippen molar-refractivity contribution in [2.75, 3.05) is 20.6 Å². The van der Waals surface area contributed by atoms with Gasteiger partial charge in [-0.3, -0.25) is 9.79 Å². The minimum atomic E-state index is 0.0922. The van der Waals surface area contributed by atoms with E-state index in [1.807, 2.05) is 0 Å². The minimum Gasteiger partial charge on any atom is -0.489 e. The second-order valence-electron chi connectivity index (χ2n) is 7.31. The van der Waals surface area contributed by atoms with E-state index in [9.17, 15) is 10.1 Å². The van der Waals surface area contributed by atoms with Crippen LogP contribution in [0.3, 0.4) is 0 Å². The molecule has 0 atom stereocenters. The lowest BCUT2D eigenvalue weighted by Gasteiger charge is -2.17. The van der Waals surface area contributed by atoms with Crippen LogP contribution >= 0.6 is 11.6 Å². The van der Waals surface area contributed by atoms with E-state index in [-0.39, 0.29) is 12.6 Å². The lowest BCUT2D eigenvalue weighted by molar-refractivity contribution is 0.112. The zero-order chi connectivity index (χ0) is 24.0. The van der Waals surface area contributed by atoms with Gasteiger partial charge in [0.1, 0.15) is 17.4 Å². The number of hydrogen-bond acceptors (Lipinski definition) is 8. The van der Waals surface area contributed by atoms with Crippen molar-refractivity contribution in [3.8, 4) is 11.8 Å². The number of allylic oxidation sites excluding steroid dienone is 1. The average Bonchev–Trinajstić information content (AvgIpc) is 3.64. The lowest BCUT2D eigenvalue weighted by atomic mass is 9.90. The molecule has 0 bridgehead atoms. The third kappa shape index (κ3) is 5.22. The van der Waals surface area contributed by atoms with Gasteiger partial charge in [0.25, 0.3) is 0 Å². The van der Waals surface area contributed by atoms with E-state index < -0.39 is 0 Å².